The van der Waals surface area contributed by atoms with E-state index in [1.54, 1.807) is 11.0 Å². The Morgan fingerprint density at radius 2 is 2.32 bits per heavy atom. The molecule has 0 spiro atoms. The van der Waals surface area contributed by atoms with E-state index >= 15 is 0 Å². The summed E-state index contributed by atoms with van der Waals surface area (Å²) in [7, 11) is 0. The molecule has 1 atom stereocenters. The summed E-state index contributed by atoms with van der Waals surface area (Å²) in [5.41, 5.74) is 1.30. The van der Waals surface area contributed by atoms with Crippen LogP contribution in [0.1, 0.15) is 47.3 Å². The summed E-state index contributed by atoms with van der Waals surface area (Å²) < 4.78 is 5.71. The first-order valence-corrected chi connectivity index (χ1v) is 7.51. The van der Waals surface area contributed by atoms with Gasteiger partial charge >= 0.3 is 0 Å². The fourth-order valence-electron chi connectivity index (χ4n) is 2.48. The lowest BCUT2D eigenvalue weighted by molar-refractivity contribution is -0.0268. The highest BCUT2D eigenvalue weighted by atomic mass is 16.5. The Bertz CT molecular complexity index is 649. The molecule has 0 bridgehead atoms. The summed E-state index contributed by atoms with van der Waals surface area (Å²) in [6, 6.07) is 1.75. The van der Waals surface area contributed by atoms with Crippen LogP contribution < -0.4 is 0 Å². The highest BCUT2D eigenvalue weighted by Gasteiger charge is 2.29. The van der Waals surface area contributed by atoms with Crippen LogP contribution in [0.3, 0.4) is 0 Å². The van der Waals surface area contributed by atoms with Crippen molar-refractivity contribution in [2.75, 3.05) is 19.7 Å². The lowest BCUT2D eigenvalue weighted by atomic mass is 10.2. The number of aryl methyl sites for hydroxylation is 2. The van der Waals surface area contributed by atoms with E-state index in [4.69, 9.17) is 4.74 Å². The zero-order valence-electron chi connectivity index (χ0n) is 12.8. The molecular formula is C14H20N6O2. The lowest BCUT2D eigenvalue weighted by Crippen LogP contribution is -2.42. The number of hydrogen-bond acceptors (Lipinski definition) is 5. The molecule has 1 aliphatic heterocycles. The van der Waals surface area contributed by atoms with E-state index in [0.717, 1.165) is 24.4 Å². The maximum absolute atomic E-state index is 12.4. The lowest BCUT2D eigenvalue weighted by Gasteiger charge is -2.31. The molecule has 1 unspecified atom stereocenters. The standard InChI is InChI=1S/C14H20N6O2/c1-3-4-12-15-13(19-18-12)11-8-20(5-6-22-11)14(21)10-7-9(2)16-17-10/h7,11H,3-6,8H2,1-2H3,(H,16,17)(H,15,18,19). The van der Waals surface area contributed by atoms with Crippen molar-refractivity contribution < 1.29 is 9.53 Å². The molecule has 1 aliphatic rings. The third-order valence-corrected chi connectivity index (χ3v) is 3.60. The van der Waals surface area contributed by atoms with Gasteiger partial charge in [0.1, 0.15) is 17.6 Å². The van der Waals surface area contributed by atoms with Gasteiger partial charge in [-0.3, -0.25) is 15.0 Å². The minimum absolute atomic E-state index is 0.0954. The smallest absolute Gasteiger partial charge is 0.274 e. The van der Waals surface area contributed by atoms with Crippen LogP contribution in [0.2, 0.25) is 0 Å². The molecule has 0 aliphatic carbocycles. The zero-order valence-corrected chi connectivity index (χ0v) is 12.8. The van der Waals surface area contributed by atoms with Crippen molar-refractivity contribution in [3.8, 4) is 0 Å². The summed E-state index contributed by atoms with van der Waals surface area (Å²) in [4.78, 5) is 18.6. The van der Waals surface area contributed by atoms with Crippen LogP contribution in [0.4, 0.5) is 0 Å². The molecule has 3 rings (SSSR count). The van der Waals surface area contributed by atoms with Gasteiger partial charge in [0.2, 0.25) is 0 Å². The summed E-state index contributed by atoms with van der Waals surface area (Å²) in [6.45, 7) is 5.42. The molecule has 1 amide bonds. The van der Waals surface area contributed by atoms with E-state index in [-0.39, 0.29) is 12.0 Å². The molecule has 3 heterocycles. The van der Waals surface area contributed by atoms with Crippen molar-refractivity contribution >= 4 is 5.91 Å². The Balaban J connectivity index is 1.69. The van der Waals surface area contributed by atoms with Crippen molar-refractivity contribution in [1.29, 1.82) is 0 Å². The van der Waals surface area contributed by atoms with Crippen LogP contribution in [0.5, 0.6) is 0 Å². The summed E-state index contributed by atoms with van der Waals surface area (Å²) in [5.74, 6) is 1.37. The Labute approximate surface area is 128 Å². The number of ether oxygens (including phenoxy) is 1. The SMILES string of the molecule is CCCc1nc(C2CN(C(=O)c3cc(C)[nH]n3)CCO2)n[nH]1. The first-order chi connectivity index (χ1) is 10.7. The van der Waals surface area contributed by atoms with Gasteiger partial charge in [-0.15, -0.1) is 0 Å². The summed E-state index contributed by atoms with van der Waals surface area (Å²) in [5, 5.41) is 13.9. The van der Waals surface area contributed by atoms with E-state index < -0.39 is 0 Å². The van der Waals surface area contributed by atoms with Gasteiger partial charge in [0, 0.05) is 18.7 Å². The van der Waals surface area contributed by atoms with Gasteiger partial charge in [-0.05, 0) is 19.4 Å². The molecule has 118 valence electrons. The Kier molecular flexibility index (Phi) is 4.19. The maximum Gasteiger partial charge on any atom is 0.274 e. The zero-order chi connectivity index (χ0) is 15.5. The number of aromatic amines is 2. The average molecular weight is 304 g/mol. The number of hydrogen-bond donors (Lipinski definition) is 2. The summed E-state index contributed by atoms with van der Waals surface area (Å²) in [6.07, 6.45) is 1.57. The molecular weight excluding hydrogens is 284 g/mol. The van der Waals surface area contributed by atoms with Gasteiger partial charge in [0.05, 0.1) is 13.2 Å². The second-order valence-electron chi connectivity index (χ2n) is 5.44. The second-order valence-corrected chi connectivity index (χ2v) is 5.44. The number of H-pyrrole nitrogens is 2. The topological polar surface area (TPSA) is 99.8 Å². The minimum atomic E-state index is -0.292. The van der Waals surface area contributed by atoms with E-state index in [0.29, 0.717) is 31.2 Å². The first kappa shape index (κ1) is 14.7. The van der Waals surface area contributed by atoms with Crippen LogP contribution in [0.15, 0.2) is 6.07 Å². The number of rotatable bonds is 4. The van der Waals surface area contributed by atoms with Gasteiger partial charge < -0.3 is 9.64 Å². The average Bonchev–Trinajstić information content (AvgIpc) is 3.16. The molecule has 2 aromatic rings. The van der Waals surface area contributed by atoms with Crippen molar-refractivity contribution in [2.45, 2.75) is 32.8 Å². The van der Waals surface area contributed by atoms with Crippen molar-refractivity contribution in [3.05, 3.63) is 29.1 Å². The van der Waals surface area contributed by atoms with Crippen molar-refractivity contribution in [2.24, 2.45) is 0 Å². The molecule has 1 saturated heterocycles. The van der Waals surface area contributed by atoms with Crippen LogP contribution in [0.25, 0.3) is 0 Å². The molecule has 8 heteroatoms. The molecule has 22 heavy (non-hydrogen) atoms. The molecule has 0 aromatic carbocycles. The monoisotopic (exact) mass is 304 g/mol. The van der Waals surface area contributed by atoms with Crippen LogP contribution >= 0.6 is 0 Å². The van der Waals surface area contributed by atoms with E-state index in [1.165, 1.54) is 0 Å². The van der Waals surface area contributed by atoms with Crippen LogP contribution in [-0.4, -0.2) is 55.9 Å². The van der Waals surface area contributed by atoms with Gasteiger partial charge in [-0.1, -0.05) is 6.92 Å². The van der Waals surface area contributed by atoms with Gasteiger partial charge in [-0.25, -0.2) is 4.98 Å². The Hall–Kier alpha value is -2.22. The molecule has 2 N–H and O–H groups in total. The van der Waals surface area contributed by atoms with Crippen LogP contribution in [-0.2, 0) is 11.2 Å². The normalized spacial score (nSPS) is 18.6. The number of nitrogens with one attached hydrogen (secondary N) is 2. The molecule has 1 fully saturated rings. The quantitative estimate of drug-likeness (QED) is 0.878. The van der Waals surface area contributed by atoms with E-state index in [9.17, 15) is 4.79 Å². The number of aromatic nitrogens is 5. The third kappa shape index (κ3) is 3.01. The fourth-order valence-corrected chi connectivity index (χ4v) is 2.48. The van der Waals surface area contributed by atoms with Crippen molar-refractivity contribution in [1.82, 2.24) is 30.3 Å². The second kappa shape index (κ2) is 6.27. The van der Waals surface area contributed by atoms with Gasteiger partial charge in [-0.2, -0.15) is 10.2 Å². The fraction of sp³-hybridized carbons (Fsp3) is 0.571. The Morgan fingerprint density at radius 1 is 1.45 bits per heavy atom. The van der Waals surface area contributed by atoms with E-state index in [2.05, 4.69) is 32.3 Å². The highest BCUT2D eigenvalue weighted by Crippen LogP contribution is 2.20. The third-order valence-electron chi connectivity index (χ3n) is 3.60. The number of amides is 1. The van der Waals surface area contributed by atoms with Gasteiger partial charge in [0.15, 0.2) is 5.82 Å². The van der Waals surface area contributed by atoms with Crippen molar-refractivity contribution in [3.63, 3.8) is 0 Å². The minimum Gasteiger partial charge on any atom is -0.366 e. The number of nitrogens with zero attached hydrogens (tertiary/aromatic N) is 4. The predicted molar refractivity (Wildman–Crippen MR) is 78.3 cm³/mol. The number of carbonyl (C=O) groups is 1. The maximum atomic E-state index is 12.4. The first-order valence-electron chi connectivity index (χ1n) is 7.51. The molecule has 0 saturated carbocycles. The van der Waals surface area contributed by atoms with E-state index in [1.807, 2.05) is 6.92 Å². The number of morpholine rings is 1. The molecule has 2 aromatic heterocycles. The number of carbonyl (C=O) groups excluding carboxylic acids is 1. The largest absolute Gasteiger partial charge is 0.366 e. The highest BCUT2D eigenvalue weighted by molar-refractivity contribution is 5.92. The Morgan fingerprint density at radius 3 is 3.05 bits per heavy atom. The molecule has 0 radical (unpaired) electrons. The predicted octanol–water partition coefficient (Wildman–Crippen LogP) is 1.00. The summed E-state index contributed by atoms with van der Waals surface area (Å²) >= 11 is 0. The van der Waals surface area contributed by atoms with Crippen LogP contribution in [0, 0.1) is 6.92 Å². The molecule has 8 nitrogen and oxygen atoms in total. The van der Waals surface area contributed by atoms with Gasteiger partial charge in [0.25, 0.3) is 5.91 Å².